The predicted octanol–water partition coefficient (Wildman–Crippen LogP) is 0.736. The lowest BCUT2D eigenvalue weighted by atomic mass is 10.1. The maximum absolute atomic E-state index is 11.4. The number of carbonyl (C=O) groups is 1. The summed E-state index contributed by atoms with van der Waals surface area (Å²) in [6.45, 7) is 3.68. The van der Waals surface area contributed by atoms with E-state index in [4.69, 9.17) is 5.73 Å². The van der Waals surface area contributed by atoms with Crippen LogP contribution in [0.1, 0.15) is 32.6 Å². The van der Waals surface area contributed by atoms with Crippen LogP contribution in [-0.4, -0.2) is 29.9 Å². The molecule has 1 atom stereocenters. The predicted molar refractivity (Wildman–Crippen MR) is 48.7 cm³/mol. The highest BCUT2D eigenvalue weighted by molar-refractivity contribution is 5.77. The molecule has 1 fully saturated rings. The number of hydrogen-bond acceptors (Lipinski definition) is 2. The lowest BCUT2D eigenvalue weighted by Crippen LogP contribution is -2.42. The van der Waals surface area contributed by atoms with Gasteiger partial charge in [-0.25, -0.2) is 0 Å². The Morgan fingerprint density at radius 1 is 1.58 bits per heavy atom. The molecular formula is C9H18N2O. The van der Waals surface area contributed by atoms with Crippen molar-refractivity contribution in [2.75, 3.05) is 13.1 Å². The zero-order chi connectivity index (χ0) is 8.97. The van der Waals surface area contributed by atoms with Crippen LogP contribution < -0.4 is 5.73 Å². The Labute approximate surface area is 73.9 Å². The molecule has 70 valence electrons. The van der Waals surface area contributed by atoms with Gasteiger partial charge >= 0.3 is 0 Å². The van der Waals surface area contributed by atoms with Gasteiger partial charge in [-0.15, -0.1) is 0 Å². The highest BCUT2D eigenvalue weighted by Crippen LogP contribution is 2.14. The quantitative estimate of drug-likeness (QED) is 0.679. The van der Waals surface area contributed by atoms with Gasteiger partial charge in [0.05, 0.1) is 0 Å². The van der Waals surface area contributed by atoms with Gasteiger partial charge < -0.3 is 10.6 Å². The molecule has 0 aromatic rings. The van der Waals surface area contributed by atoms with Crippen LogP contribution in [0, 0.1) is 0 Å². The van der Waals surface area contributed by atoms with Gasteiger partial charge in [0.2, 0.25) is 5.91 Å². The van der Waals surface area contributed by atoms with Crippen molar-refractivity contribution in [2.45, 2.75) is 38.6 Å². The number of nitrogens with two attached hydrogens (primary N) is 1. The summed E-state index contributed by atoms with van der Waals surface area (Å²) < 4.78 is 0. The van der Waals surface area contributed by atoms with Gasteiger partial charge in [-0.05, 0) is 32.7 Å². The summed E-state index contributed by atoms with van der Waals surface area (Å²) in [4.78, 5) is 13.4. The molecule has 0 bridgehead atoms. The maximum atomic E-state index is 11.4. The van der Waals surface area contributed by atoms with Crippen molar-refractivity contribution in [1.29, 1.82) is 0 Å². The number of piperidine rings is 1. The molecule has 1 saturated heterocycles. The van der Waals surface area contributed by atoms with E-state index in [9.17, 15) is 4.79 Å². The molecule has 12 heavy (non-hydrogen) atoms. The van der Waals surface area contributed by atoms with E-state index >= 15 is 0 Å². The molecule has 1 amide bonds. The maximum Gasteiger partial charge on any atom is 0.222 e. The summed E-state index contributed by atoms with van der Waals surface area (Å²) in [5, 5.41) is 0. The van der Waals surface area contributed by atoms with Crippen molar-refractivity contribution in [3.8, 4) is 0 Å². The highest BCUT2D eigenvalue weighted by Gasteiger charge is 2.21. The van der Waals surface area contributed by atoms with Crippen molar-refractivity contribution in [3.63, 3.8) is 0 Å². The summed E-state index contributed by atoms with van der Waals surface area (Å²) in [6, 6.07) is 0.336. The first-order valence-corrected chi connectivity index (χ1v) is 4.75. The second-order valence-corrected chi connectivity index (χ2v) is 3.47. The van der Waals surface area contributed by atoms with Crippen LogP contribution in [0.4, 0.5) is 0 Å². The minimum absolute atomic E-state index is 0.308. The topological polar surface area (TPSA) is 46.3 Å². The van der Waals surface area contributed by atoms with E-state index in [2.05, 4.69) is 6.92 Å². The Kier molecular flexibility index (Phi) is 3.53. The first-order valence-electron chi connectivity index (χ1n) is 4.75. The standard InChI is InChI=1S/C9H18N2O/c1-8(5-6-10)11-7-3-2-4-9(11)12/h8H,2-7,10H2,1H3. The SMILES string of the molecule is CC(CCN)N1CCCCC1=O. The summed E-state index contributed by atoms with van der Waals surface area (Å²) >= 11 is 0. The molecule has 1 heterocycles. The van der Waals surface area contributed by atoms with E-state index in [1.807, 2.05) is 4.90 Å². The second-order valence-electron chi connectivity index (χ2n) is 3.47. The molecule has 0 aromatic carbocycles. The van der Waals surface area contributed by atoms with Crippen LogP contribution in [0.15, 0.2) is 0 Å². The monoisotopic (exact) mass is 170 g/mol. The van der Waals surface area contributed by atoms with Gasteiger partial charge in [-0.1, -0.05) is 0 Å². The van der Waals surface area contributed by atoms with E-state index in [0.29, 0.717) is 18.5 Å². The highest BCUT2D eigenvalue weighted by atomic mass is 16.2. The molecule has 1 aliphatic rings. The second kappa shape index (κ2) is 4.45. The Balaban J connectivity index is 2.42. The third-order valence-corrected chi connectivity index (χ3v) is 2.48. The lowest BCUT2D eigenvalue weighted by Gasteiger charge is -2.32. The Morgan fingerprint density at radius 2 is 2.33 bits per heavy atom. The zero-order valence-electron chi connectivity index (χ0n) is 7.75. The fraction of sp³-hybridized carbons (Fsp3) is 0.889. The van der Waals surface area contributed by atoms with Gasteiger partial charge in [0.25, 0.3) is 0 Å². The fourth-order valence-electron chi connectivity index (χ4n) is 1.69. The number of nitrogens with zero attached hydrogens (tertiary/aromatic N) is 1. The molecule has 3 nitrogen and oxygen atoms in total. The third kappa shape index (κ3) is 2.21. The molecule has 0 saturated carbocycles. The zero-order valence-corrected chi connectivity index (χ0v) is 7.75. The number of likely N-dealkylation sites (tertiary alicyclic amines) is 1. The van der Waals surface area contributed by atoms with Crippen LogP contribution in [0.25, 0.3) is 0 Å². The van der Waals surface area contributed by atoms with Gasteiger partial charge in [0.15, 0.2) is 0 Å². The Hall–Kier alpha value is -0.570. The van der Waals surface area contributed by atoms with E-state index < -0.39 is 0 Å². The molecule has 0 aromatic heterocycles. The molecule has 3 heteroatoms. The molecule has 1 rings (SSSR count). The van der Waals surface area contributed by atoms with Gasteiger partial charge in [-0.3, -0.25) is 4.79 Å². The Morgan fingerprint density at radius 3 is 2.92 bits per heavy atom. The van der Waals surface area contributed by atoms with Crippen molar-refractivity contribution in [3.05, 3.63) is 0 Å². The lowest BCUT2D eigenvalue weighted by molar-refractivity contribution is -0.135. The van der Waals surface area contributed by atoms with E-state index in [0.717, 1.165) is 32.2 Å². The van der Waals surface area contributed by atoms with Crippen LogP contribution in [0.2, 0.25) is 0 Å². The van der Waals surface area contributed by atoms with E-state index in [1.54, 1.807) is 0 Å². The first-order chi connectivity index (χ1) is 5.75. The number of hydrogen-bond donors (Lipinski definition) is 1. The minimum Gasteiger partial charge on any atom is -0.340 e. The third-order valence-electron chi connectivity index (χ3n) is 2.48. The first kappa shape index (κ1) is 9.52. The summed E-state index contributed by atoms with van der Waals surface area (Å²) in [5.41, 5.74) is 5.44. The minimum atomic E-state index is 0.308. The number of amides is 1. The molecule has 0 radical (unpaired) electrons. The van der Waals surface area contributed by atoms with Crippen molar-refractivity contribution in [1.82, 2.24) is 4.90 Å². The normalized spacial score (nSPS) is 21.2. The number of carbonyl (C=O) groups excluding carboxylic acids is 1. The summed E-state index contributed by atoms with van der Waals surface area (Å²) in [7, 11) is 0. The average Bonchev–Trinajstić information content (AvgIpc) is 2.05. The van der Waals surface area contributed by atoms with Crippen LogP contribution in [0.3, 0.4) is 0 Å². The smallest absolute Gasteiger partial charge is 0.222 e. The van der Waals surface area contributed by atoms with Crippen molar-refractivity contribution in [2.24, 2.45) is 5.73 Å². The number of rotatable bonds is 3. The van der Waals surface area contributed by atoms with E-state index in [1.165, 1.54) is 0 Å². The van der Waals surface area contributed by atoms with Gasteiger partial charge in [0, 0.05) is 19.0 Å². The van der Waals surface area contributed by atoms with Gasteiger partial charge in [-0.2, -0.15) is 0 Å². The average molecular weight is 170 g/mol. The van der Waals surface area contributed by atoms with Crippen LogP contribution in [-0.2, 0) is 4.79 Å². The molecular weight excluding hydrogens is 152 g/mol. The van der Waals surface area contributed by atoms with Crippen molar-refractivity contribution >= 4 is 5.91 Å². The van der Waals surface area contributed by atoms with E-state index in [-0.39, 0.29) is 0 Å². The fourth-order valence-corrected chi connectivity index (χ4v) is 1.69. The largest absolute Gasteiger partial charge is 0.340 e. The Bertz CT molecular complexity index is 159. The summed E-state index contributed by atoms with van der Waals surface area (Å²) in [6.07, 6.45) is 3.87. The molecule has 0 spiro atoms. The van der Waals surface area contributed by atoms with Gasteiger partial charge in [0.1, 0.15) is 0 Å². The molecule has 1 unspecified atom stereocenters. The molecule has 1 aliphatic heterocycles. The summed E-state index contributed by atoms with van der Waals surface area (Å²) in [5.74, 6) is 0.308. The van der Waals surface area contributed by atoms with Crippen molar-refractivity contribution < 1.29 is 4.79 Å². The molecule has 0 aliphatic carbocycles. The van der Waals surface area contributed by atoms with Crippen LogP contribution >= 0.6 is 0 Å². The molecule has 2 N–H and O–H groups in total. The van der Waals surface area contributed by atoms with Crippen LogP contribution in [0.5, 0.6) is 0 Å².